The molecular weight excluding hydrogens is 364 g/mol. The second-order valence-corrected chi connectivity index (χ2v) is 8.20. The monoisotopic (exact) mass is 394 g/mol. The topological polar surface area (TPSA) is 73.4 Å². The first-order chi connectivity index (χ1) is 14.1. The fraction of sp³-hybridized carbons (Fsp3) is 0.500. The van der Waals surface area contributed by atoms with Gasteiger partial charge in [-0.25, -0.2) is 4.98 Å². The lowest BCUT2D eigenvalue weighted by molar-refractivity contribution is 0.102. The van der Waals surface area contributed by atoms with Crippen LogP contribution in [0, 0.1) is 12.8 Å². The number of amides is 1. The van der Waals surface area contributed by atoms with Crippen molar-refractivity contribution < 1.29 is 4.79 Å². The summed E-state index contributed by atoms with van der Waals surface area (Å²) >= 11 is 0. The largest absolute Gasteiger partial charge is 0.338 e. The van der Waals surface area contributed by atoms with E-state index in [1.165, 1.54) is 12.0 Å². The molecule has 0 bridgehead atoms. The molecule has 0 spiro atoms. The van der Waals surface area contributed by atoms with Gasteiger partial charge in [0.2, 0.25) is 5.95 Å². The molecule has 0 radical (unpaired) electrons. The first-order valence-electron chi connectivity index (χ1n) is 10.5. The Morgan fingerprint density at radius 1 is 1.17 bits per heavy atom. The summed E-state index contributed by atoms with van der Waals surface area (Å²) in [5, 5.41) is 6.35. The minimum atomic E-state index is -0.137. The van der Waals surface area contributed by atoms with Crippen LogP contribution in [0.3, 0.4) is 0 Å². The van der Waals surface area contributed by atoms with Crippen LogP contribution in [0.4, 0.5) is 11.8 Å². The van der Waals surface area contributed by atoms with Crippen molar-refractivity contribution in [2.75, 3.05) is 56.5 Å². The van der Waals surface area contributed by atoms with E-state index in [2.05, 4.69) is 49.6 Å². The Morgan fingerprint density at radius 3 is 2.62 bits per heavy atom. The molecule has 29 heavy (non-hydrogen) atoms. The minimum absolute atomic E-state index is 0.137. The molecule has 7 heteroatoms. The zero-order valence-electron chi connectivity index (χ0n) is 17.3. The molecule has 1 aromatic carbocycles. The van der Waals surface area contributed by atoms with E-state index in [4.69, 9.17) is 0 Å². The van der Waals surface area contributed by atoms with E-state index in [-0.39, 0.29) is 5.91 Å². The molecule has 7 nitrogen and oxygen atoms in total. The van der Waals surface area contributed by atoms with Crippen molar-refractivity contribution >= 4 is 17.7 Å². The number of hydrogen-bond donors (Lipinski definition) is 2. The van der Waals surface area contributed by atoms with Gasteiger partial charge in [-0.05, 0) is 63.5 Å². The number of aryl methyl sites for hydroxylation is 1. The van der Waals surface area contributed by atoms with E-state index >= 15 is 0 Å². The maximum Gasteiger partial charge on any atom is 0.256 e. The van der Waals surface area contributed by atoms with Crippen LogP contribution in [-0.4, -0.2) is 67.1 Å². The van der Waals surface area contributed by atoms with Crippen molar-refractivity contribution in [3.05, 3.63) is 47.2 Å². The molecule has 1 unspecified atom stereocenters. The number of hydrogen-bond acceptors (Lipinski definition) is 6. The Hall–Kier alpha value is -2.51. The number of carbonyl (C=O) groups excluding carboxylic acids is 1. The second kappa shape index (κ2) is 8.88. The first-order valence-corrected chi connectivity index (χ1v) is 10.5. The molecule has 3 heterocycles. The number of piperazine rings is 1. The van der Waals surface area contributed by atoms with Crippen LogP contribution in [0.15, 0.2) is 30.3 Å². The predicted molar refractivity (Wildman–Crippen MR) is 116 cm³/mol. The van der Waals surface area contributed by atoms with E-state index < -0.39 is 0 Å². The third-order valence-corrected chi connectivity index (χ3v) is 5.77. The highest BCUT2D eigenvalue weighted by atomic mass is 16.1. The highest BCUT2D eigenvalue weighted by molar-refractivity contribution is 6.03. The third-order valence-electron chi connectivity index (χ3n) is 5.77. The molecule has 2 aliphatic heterocycles. The van der Waals surface area contributed by atoms with Gasteiger partial charge >= 0.3 is 0 Å². The van der Waals surface area contributed by atoms with E-state index in [1.807, 2.05) is 25.1 Å². The highest BCUT2D eigenvalue weighted by Gasteiger charge is 2.18. The summed E-state index contributed by atoms with van der Waals surface area (Å²) in [6.07, 6.45) is 2.29. The summed E-state index contributed by atoms with van der Waals surface area (Å²) in [7, 11) is 2.12. The molecule has 2 aliphatic rings. The number of anilines is 2. The standard InChI is InChI=1S/C22H30N6O/c1-16-13-20(26-22(24-16)28-11-9-27(2)10-12-28)25-21(29)19-5-3-17(4-6-19)14-18-7-8-23-15-18/h3-6,13,18,23H,7-12,14-15H2,1-2H3,(H,24,25,26,29). The number of carbonyl (C=O) groups is 1. The smallest absolute Gasteiger partial charge is 0.256 e. The minimum Gasteiger partial charge on any atom is -0.338 e. The van der Waals surface area contributed by atoms with Gasteiger partial charge in [0.15, 0.2) is 0 Å². The summed E-state index contributed by atoms with van der Waals surface area (Å²) in [4.78, 5) is 26.3. The number of nitrogens with zero attached hydrogens (tertiary/aromatic N) is 4. The molecule has 0 aliphatic carbocycles. The Labute approximate surface area is 172 Å². The van der Waals surface area contributed by atoms with Gasteiger partial charge in [-0.2, -0.15) is 4.98 Å². The lowest BCUT2D eigenvalue weighted by Crippen LogP contribution is -2.45. The van der Waals surface area contributed by atoms with Gasteiger partial charge in [-0.15, -0.1) is 0 Å². The zero-order valence-corrected chi connectivity index (χ0v) is 17.3. The Bertz CT molecular complexity index is 839. The number of aromatic nitrogens is 2. The Morgan fingerprint density at radius 2 is 1.93 bits per heavy atom. The molecule has 1 aromatic heterocycles. The average molecular weight is 395 g/mol. The quantitative estimate of drug-likeness (QED) is 0.808. The maximum absolute atomic E-state index is 12.7. The molecule has 2 fully saturated rings. The van der Waals surface area contributed by atoms with Gasteiger partial charge < -0.3 is 20.4 Å². The van der Waals surface area contributed by atoms with Crippen LogP contribution < -0.4 is 15.5 Å². The van der Waals surface area contributed by atoms with Crippen LogP contribution in [-0.2, 0) is 6.42 Å². The summed E-state index contributed by atoms with van der Waals surface area (Å²) in [5.41, 5.74) is 2.78. The van der Waals surface area contributed by atoms with E-state index in [9.17, 15) is 4.79 Å². The molecule has 154 valence electrons. The van der Waals surface area contributed by atoms with Crippen LogP contribution >= 0.6 is 0 Å². The molecular formula is C22H30N6O. The summed E-state index contributed by atoms with van der Waals surface area (Å²) in [5.74, 6) is 1.81. The van der Waals surface area contributed by atoms with Gasteiger partial charge in [0, 0.05) is 43.5 Å². The lowest BCUT2D eigenvalue weighted by atomic mass is 9.98. The SMILES string of the molecule is Cc1cc(NC(=O)c2ccc(CC3CCNC3)cc2)nc(N2CCN(C)CC2)n1. The fourth-order valence-electron chi connectivity index (χ4n) is 3.97. The lowest BCUT2D eigenvalue weighted by Gasteiger charge is -2.32. The van der Waals surface area contributed by atoms with Gasteiger partial charge in [0.25, 0.3) is 5.91 Å². The Balaban J connectivity index is 1.41. The molecule has 2 aromatic rings. The van der Waals surface area contributed by atoms with Crippen LogP contribution in [0.5, 0.6) is 0 Å². The van der Waals surface area contributed by atoms with Crippen molar-refractivity contribution in [1.82, 2.24) is 20.2 Å². The van der Waals surface area contributed by atoms with E-state index in [0.29, 0.717) is 23.2 Å². The highest BCUT2D eigenvalue weighted by Crippen LogP contribution is 2.18. The molecule has 0 saturated carbocycles. The normalized spacial score (nSPS) is 20.1. The molecule has 1 amide bonds. The van der Waals surface area contributed by atoms with Gasteiger partial charge in [0.1, 0.15) is 5.82 Å². The van der Waals surface area contributed by atoms with Crippen molar-refractivity contribution in [1.29, 1.82) is 0 Å². The summed E-state index contributed by atoms with van der Waals surface area (Å²) < 4.78 is 0. The van der Waals surface area contributed by atoms with Crippen LogP contribution in [0.25, 0.3) is 0 Å². The summed E-state index contributed by atoms with van der Waals surface area (Å²) in [6, 6.07) is 9.76. The van der Waals surface area contributed by atoms with Crippen LogP contribution in [0.2, 0.25) is 0 Å². The maximum atomic E-state index is 12.7. The molecule has 2 saturated heterocycles. The van der Waals surface area contributed by atoms with Gasteiger partial charge in [-0.1, -0.05) is 12.1 Å². The number of nitrogens with one attached hydrogen (secondary N) is 2. The molecule has 1 atom stereocenters. The average Bonchev–Trinajstić information content (AvgIpc) is 3.21. The molecule has 4 rings (SSSR count). The zero-order chi connectivity index (χ0) is 20.2. The van der Waals surface area contributed by atoms with E-state index in [0.717, 1.165) is 51.4 Å². The predicted octanol–water partition coefficient (Wildman–Crippen LogP) is 1.94. The molecule has 2 N–H and O–H groups in total. The second-order valence-electron chi connectivity index (χ2n) is 8.20. The van der Waals surface area contributed by atoms with Gasteiger partial charge in [-0.3, -0.25) is 4.79 Å². The number of rotatable bonds is 5. The fourth-order valence-corrected chi connectivity index (χ4v) is 3.97. The van der Waals surface area contributed by atoms with Gasteiger partial charge in [0.05, 0.1) is 0 Å². The third kappa shape index (κ3) is 5.10. The number of benzene rings is 1. The van der Waals surface area contributed by atoms with Crippen molar-refractivity contribution in [2.24, 2.45) is 5.92 Å². The van der Waals surface area contributed by atoms with E-state index in [1.54, 1.807) is 0 Å². The van der Waals surface area contributed by atoms with Crippen molar-refractivity contribution in [3.8, 4) is 0 Å². The van der Waals surface area contributed by atoms with Crippen LogP contribution in [0.1, 0.15) is 28.0 Å². The number of likely N-dealkylation sites (N-methyl/N-ethyl adjacent to an activating group) is 1. The Kier molecular flexibility index (Phi) is 6.06. The van der Waals surface area contributed by atoms with Crippen molar-refractivity contribution in [3.63, 3.8) is 0 Å². The van der Waals surface area contributed by atoms with Crippen molar-refractivity contribution in [2.45, 2.75) is 19.8 Å². The first kappa shape index (κ1) is 19.8. The summed E-state index contributed by atoms with van der Waals surface area (Å²) in [6.45, 7) is 7.90.